The number of alkyl halides is 1. The predicted molar refractivity (Wildman–Crippen MR) is 69.3 cm³/mol. The van der Waals surface area contributed by atoms with E-state index in [2.05, 4.69) is 35.8 Å². The van der Waals surface area contributed by atoms with Crippen LogP contribution in [0.15, 0.2) is 0 Å². The lowest BCUT2D eigenvalue weighted by molar-refractivity contribution is -0.131. The second-order valence-electron chi connectivity index (χ2n) is 4.29. The van der Waals surface area contributed by atoms with Crippen LogP contribution in [0.5, 0.6) is 0 Å². The lowest BCUT2D eigenvalue weighted by Gasteiger charge is -2.23. The quantitative estimate of drug-likeness (QED) is 0.509. The highest BCUT2D eigenvalue weighted by Crippen LogP contribution is 2.06. The topological polar surface area (TPSA) is 44.1 Å². The first-order chi connectivity index (χ1) is 7.61. The van der Waals surface area contributed by atoms with Gasteiger partial charge in [-0.1, -0.05) is 29.8 Å². The van der Waals surface area contributed by atoms with Gasteiger partial charge in [0, 0.05) is 24.8 Å². The molecule has 0 radical (unpaired) electrons. The zero-order chi connectivity index (χ0) is 12.4. The normalized spacial score (nSPS) is 10.2. The summed E-state index contributed by atoms with van der Waals surface area (Å²) in [4.78, 5) is 13.7. The Morgan fingerprint density at radius 2 is 2.12 bits per heavy atom. The zero-order valence-corrected chi connectivity index (χ0v) is 11.8. The van der Waals surface area contributed by atoms with Gasteiger partial charge < -0.3 is 4.90 Å². The van der Waals surface area contributed by atoms with E-state index in [9.17, 15) is 4.79 Å². The van der Waals surface area contributed by atoms with Crippen LogP contribution in [0.25, 0.3) is 0 Å². The second-order valence-corrected chi connectivity index (χ2v) is 5.08. The van der Waals surface area contributed by atoms with Crippen molar-refractivity contribution in [3.8, 4) is 6.07 Å². The third kappa shape index (κ3) is 7.70. The van der Waals surface area contributed by atoms with Crippen molar-refractivity contribution in [2.24, 2.45) is 5.92 Å². The number of nitriles is 1. The first-order valence-electron chi connectivity index (χ1n) is 5.82. The van der Waals surface area contributed by atoms with Crippen LogP contribution in [-0.4, -0.2) is 29.2 Å². The maximum atomic E-state index is 11.9. The van der Waals surface area contributed by atoms with Gasteiger partial charge in [-0.05, 0) is 18.8 Å². The summed E-state index contributed by atoms with van der Waals surface area (Å²) in [6, 6.07) is 2.09. The predicted octanol–water partition coefficient (Wildman–Crippen LogP) is 2.95. The zero-order valence-electron chi connectivity index (χ0n) is 10.2. The summed E-state index contributed by atoms with van der Waals surface area (Å²) in [5.74, 6) is 0.642. The third-order valence-corrected chi connectivity index (χ3v) is 2.77. The van der Waals surface area contributed by atoms with E-state index in [1.165, 1.54) is 0 Å². The largest absolute Gasteiger partial charge is 0.341 e. The summed E-state index contributed by atoms with van der Waals surface area (Å²) in [5, 5.41) is 9.50. The van der Waals surface area contributed by atoms with Gasteiger partial charge in [0.25, 0.3) is 0 Å². The minimum absolute atomic E-state index is 0.185. The van der Waals surface area contributed by atoms with Crippen molar-refractivity contribution in [2.75, 3.05) is 18.4 Å². The van der Waals surface area contributed by atoms with Gasteiger partial charge >= 0.3 is 0 Å². The Morgan fingerprint density at radius 1 is 1.44 bits per heavy atom. The first kappa shape index (κ1) is 15.4. The van der Waals surface area contributed by atoms with Gasteiger partial charge in [-0.15, -0.1) is 0 Å². The molecule has 0 aromatic rings. The van der Waals surface area contributed by atoms with Crippen molar-refractivity contribution in [1.82, 2.24) is 4.90 Å². The summed E-state index contributed by atoms with van der Waals surface area (Å²) in [7, 11) is 0. The second kappa shape index (κ2) is 9.65. The van der Waals surface area contributed by atoms with Gasteiger partial charge in [0.2, 0.25) is 5.91 Å². The molecule has 4 heteroatoms. The molecular weight excluding hydrogens is 268 g/mol. The van der Waals surface area contributed by atoms with E-state index in [-0.39, 0.29) is 5.91 Å². The molecule has 0 atom stereocenters. The highest BCUT2D eigenvalue weighted by atomic mass is 79.9. The molecule has 0 heterocycles. The Hall–Kier alpha value is -0.560. The minimum Gasteiger partial charge on any atom is -0.341 e. The van der Waals surface area contributed by atoms with Crippen molar-refractivity contribution in [3.63, 3.8) is 0 Å². The Balaban J connectivity index is 4.05. The Kier molecular flexibility index (Phi) is 9.31. The van der Waals surface area contributed by atoms with Crippen molar-refractivity contribution in [1.29, 1.82) is 5.26 Å². The van der Waals surface area contributed by atoms with Crippen LogP contribution >= 0.6 is 15.9 Å². The molecule has 0 saturated carbocycles. The number of carbonyl (C=O) groups excluding carboxylic acids is 1. The molecule has 0 aliphatic carbocycles. The summed E-state index contributed by atoms with van der Waals surface area (Å²) < 4.78 is 0. The molecule has 0 bridgehead atoms. The molecule has 0 aromatic heterocycles. The molecule has 16 heavy (non-hydrogen) atoms. The molecule has 0 rings (SSSR count). The Labute approximate surface area is 107 Å². The smallest absolute Gasteiger partial charge is 0.222 e. The average Bonchev–Trinajstić information content (AvgIpc) is 2.23. The Morgan fingerprint density at radius 3 is 2.62 bits per heavy atom. The average molecular weight is 289 g/mol. The lowest BCUT2D eigenvalue weighted by Crippen LogP contribution is -2.34. The minimum atomic E-state index is 0.185. The fourth-order valence-electron chi connectivity index (χ4n) is 1.47. The molecule has 92 valence electrons. The molecule has 0 spiro atoms. The fourth-order valence-corrected chi connectivity index (χ4v) is 1.87. The van der Waals surface area contributed by atoms with Crippen LogP contribution in [0.1, 0.15) is 39.5 Å². The van der Waals surface area contributed by atoms with Gasteiger partial charge in [0.15, 0.2) is 0 Å². The SMILES string of the molecule is CC(C)CN(CCC#N)C(=O)CCCCBr. The number of hydrogen-bond acceptors (Lipinski definition) is 2. The molecular formula is C12H21BrN2O. The molecule has 3 nitrogen and oxygen atoms in total. The molecule has 0 N–H and O–H groups in total. The van der Waals surface area contributed by atoms with Crippen LogP contribution in [0.4, 0.5) is 0 Å². The fraction of sp³-hybridized carbons (Fsp3) is 0.833. The van der Waals surface area contributed by atoms with Crippen LogP contribution < -0.4 is 0 Å². The molecule has 0 aromatic carbocycles. The van der Waals surface area contributed by atoms with Crippen molar-refractivity contribution < 1.29 is 4.79 Å². The molecule has 1 amide bonds. The van der Waals surface area contributed by atoms with Gasteiger partial charge in [0.1, 0.15) is 0 Å². The number of unbranched alkanes of at least 4 members (excludes halogenated alkanes) is 1. The third-order valence-electron chi connectivity index (χ3n) is 2.21. The maximum absolute atomic E-state index is 11.9. The molecule has 0 unspecified atom stereocenters. The van der Waals surface area contributed by atoms with Crippen LogP contribution in [0.3, 0.4) is 0 Å². The Bertz CT molecular complexity index is 236. The maximum Gasteiger partial charge on any atom is 0.222 e. The number of rotatable bonds is 8. The standard InChI is InChI=1S/C12H21BrN2O/c1-11(2)10-15(9-5-8-14)12(16)6-3-4-7-13/h11H,3-7,9-10H2,1-2H3. The van der Waals surface area contributed by atoms with E-state index in [4.69, 9.17) is 5.26 Å². The van der Waals surface area contributed by atoms with Crippen LogP contribution in [0, 0.1) is 17.2 Å². The number of carbonyl (C=O) groups is 1. The van der Waals surface area contributed by atoms with E-state index < -0.39 is 0 Å². The van der Waals surface area contributed by atoms with Crippen molar-refractivity contribution in [2.45, 2.75) is 39.5 Å². The highest BCUT2D eigenvalue weighted by Gasteiger charge is 2.13. The van der Waals surface area contributed by atoms with Gasteiger partial charge in [-0.2, -0.15) is 5.26 Å². The molecule has 0 saturated heterocycles. The van der Waals surface area contributed by atoms with Gasteiger partial charge in [-0.3, -0.25) is 4.79 Å². The molecule has 0 aliphatic heterocycles. The van der Waals surface area contributed by atoms with E-state index in [1.807, 2.05) is 4.90 Å². The number of hydrogen-bond donors (Lipinski definition) is 0. The molecule has 0 aliphatic rings. The lowest BCUT2D eigenvalue weighted by atomic mass is 10.1. The molecule has 0 fully saturated rings. The van der Waals surface area contributed by atoms with E-state index in [0.29, 0.717) is 25.3 Å². The van der Waals surface area contributed by atoms with Crippen molar-refractivity contribution in [3.05, 3.63) is 0 Å². The monoisotopic (exact) mass is 288 g/mol. The van der Waals surface area contributed by atoms with Crippen LogP contribution in [0.2, 0.25) is 0 Å². The van der Waals surface area contributed by atoms with E-state index in [0.717, 1.165) is 24.7 Å². The highest BCUT2D eigenvalue weighted by molar-refractivity contribution is 9.09. The summed E-state index contributed by atoms with van der Waals surface area (Å²) in [5.41, 5.74) is 0. The van der Waals surface area contributed by atoms with E-state index in [1.54, 1.807) is 0 Å². The van der Waals surface area contributed by atoms with Gasteiger partial charge in [0.05, 0.1) is 12.5 Å². The summed E-state index contributed by atoms with van der Waals surface area (Å²) >= 11 is 3.35. The van der Waals surface area contributed by atoms with Gasteiger partial charge in [-0.25, -0.2) is 0 Å². The number of nitrogens with zero attached hydrogens (tertiary/aromatic N) is 2. The van der Waals surface area contributed by atoms with E-state index >= 15 is 0 Å². The first-order valence-corrected chi connectivity index (χ1v) is 6.94. The number of halogens is 1. The number of amides is 1. The summed E-state index contributed by atoms with van der Waals surface area (Å²) in [6.45, 7) is 5.51. The van der Waals surface area contributed by atoms with Crippen LogP contribution in [-0.2, 0) is 4.79 Å². The summed E-state index contributed by atoms with van der Waals surface area (Å²) in [6.07, 6.45) is 2.98. The van der Waals surface area contributed by atoms with Crippen molar-refractivity contribution >= 4 is 21.8 Å².